The molecule has 1 amide bonds. The Bertz CT molecular complexity index is 756. The van der Waals surface area contributed by atoms with Crippen LogP contribution >= 0.6 is 11.3 Å². The standard InChI is InChI=1S/C19H19INO3S/c1-23-16-9-10-18(20-12-16)24-14-19(22)21(13-17-8-5-11-25-17)15-6-3-2-4-7-15/h2-11H,12-14H2,1H3/q-1. The number of amides is 1. The third-order valence-electron chi connectivity index (χ3n) is 3.59. The molecular weight excluding hydrogens is 449 g/mol. The number of allylic oxidation sites excluding steroid dienone is 3. The quantitative estimate of drug-likeness (QED) is 0.446. The van der Waals surface area contributed by atoms with Gasteiger partial charge in [-0.3, -0.25) is 0 Å². The van der Waals surface area contributed by atoms with Crippen molar-refractivity contribution in [3.8, 4) is 0 Å². The number of carbonyl (C=O) groups excluding carboxylic acids is 1. The van der Waals surface area contributed by atoms with Crippen molar-refractivity contribution in [2.45, 2.75) is 6.54 Å². The minimum absolute atomic E-state index is 0.0361. The number of alkyl halides is 1. The van der Waals surface area contributed by atoms with Crippen molar-refractivity contribution in [3.63, 3.8) is 0 Å². The van der Waals surface area contributed by atoms with E-state index in [4.69, 9.17) is 9.47 Å². The number of ether oxygens (including phenoxy) is 2. The number of para-hydroxylation sites is 1. The van der Waals surface area contributed by atoms with Crippen molar-refractivity contribution in [1.82, 2.24) is 0 Å². The zero-order chi connectivity index (χ0) is 17.5. The Balaban J connectivity index is 1.67. The van der Waals surface area contributed by atoms with Crippen molar-refractivity contribution in [1.29, 1.82) is 0 Å². The van der Waals surface area contributed by atoms with E-state index in [0.717, 1.165) is 24.5 Å². The molecule has 0 unspecified atom stereocenters. The maximum absolute atomic E-state index is 12.8. The fourth-order valence-corrected chi connectivity index (χ4v) is 5.11. The molecule has 0 radical (unpaired) electrons. The minimum atomic E-state index is -0.269. The van der Waals surface area contributed by atoms with Gasteiger partial charge in [0.1, 0.15) is 0 Å². The average Bonchev–Trinajstić information content (AvgIpc) is 3.18. The summed E-state index contributed by atoms with van der Waals surface area (Å²) in [6, 6.07) is 13.8. The zero-order valence-corrected chi connectivity index (χ0v) is 16.8. The van der Waals surface area contributed by atoms with Crippen LogP contribution in [0.3, 0.4) is 0 Å². The third-order valence-corrected chi connectivity index (χ3v) is 7.01. The molecule has 0 fully saturated rings. The molecule has 1 aromatic heterocycles. The monoisotopic (exact) mass is 468 g/mol. The summed E-state index contributed by atoms with van der Waals surface area (Å²) in [6.07, 6.45) is 3.85. The molecule has 2 heterocycles. The van der Waals surface area contributed by atoms with Gasteiger partial charge in [0.25, 0.3) is 0 Å². The predicted molar refractivity (Wildman–Crippen MR) is 95.9 cm³/mol. The second-order valence-corrected chi connectivity index (χ2v) is 8.88. The van der Waals surface area contributed by atoms with E-state index in [1.165, 1.54) is 0 Å². The molecule has 0 spiro atoms. The Labute approximate surface area is 162 Å². The van der Waals surface area contributed by atoms with E-state index in [9.17, 15) is 4.79 Å². The fourth-order valence-electron chi connectivity index (χ4n) is 2.29. The molecule has 6 heteroatoms. The number of carbonyl (C=O) groups is 1. The number of benzene rings is 1. The third kappa shape index (κ3) is 5.09. The SMILES string of the molecule is COC1=CC=C(OCC(=O)N(Cc2cccs2)c2ccccc2)[I-]C1. The summed E-state index contributed by atoms with van der Waals surface area (Å²) < 4.78 is 12.9. The van der Waals surface area contributed by atoms with Crippen molar-refractivity contribution in [3.05, 3.63) is 74.4 Å². The molecule has 1 aliphatic heterocycles. The van der Waals surface area contributed by atoms with Gasteiger partial charge in [-0.15, -0.1) is 0 Å². The van der Waals surface area contributed by atoms with E-state index >= 15 is 0 Å². The molecule has 0 atom stereocenters. The average molecular weight is 468 g/mol. The van der Waals surface area contributed by atoms with Crippen molar-refractivity contribution < 1.29 is 35.5 Å². The summed E-state index contributed by atoms with van der Waals surface area (Å²) in [5, 5.41) is 2.02. The van der Waals surface area contributed by atoms with E-state index in [0.29, 0.717) is 6.54 Å². The van der Waals surface area contributed by atoms with Gasteiger partial charge in [0.15, 0.2) is 0 Å². The van der Waals surface area contributed by atoms with Gasteiger partial charge in [-0.2, -0.15) is 0 Å². The van der Waals surface area contributed by atoms with Crippen LogP contribution in [0.2, 0.25) is 0 Å². The number of hydrogen-bond acceptors (Lipinski definition) is 4. The van der Waals surface area contributed by atoms with Crippen molar-refractivity contribution in [2.75, 3.05) is 23.0 Å². The molecule has 2 aromatic rings. The number of thiophene rings is 1. The van der Waals surface area contributed by atoms with Crippen LogP contribution in [-0.4, -0.2) is 24.1 Å². The molecule has 0 saturated carbocycles. The summed E-state index contributed by atoms with van der Waals surface area (Å²) >= 11 is 1.38. The predicted octanol–water partition coefficient (Wildman–Crippen LogP) is 0.772. The summed E-state index contributed by atoms with van der Waals surface area (Å²) in [5.74, 6) is 0.945. The Hall–Kier alpha value is -1.80. The van der Waals surface area contributed by atoms with E-state index in [1.54, 1.807) is 23.3 Å². The van der Waals surface area contributed by atoms with Crippen molar-refractivity contribution in [2.24, 2.45) is 0 Å². The number of halogens is 1. The first-order valence-electron chi connectivity index (χ1n) is 7.81. The topological polar surface area (TPSA) is 38.8 Å². The molecule has 132 valence electrons. The first-order valence-corrected chi connectivity index (χ1v) is 11.3. The second kappa shape index (κ2) is 9.05. The van der Waals surface area contributed by atoms with Crippen LogP contribution in [0, 0.1) is 0 Å². The van der Waals surface area contributed by atoms with Crippen LogP contribution in [-0.2, 0) is 20.8 Å². The molecule has 3 rings (SSSR count). The Kier molecular flexibility index (Phi) is 6.52. The molecular formula is C19H19INO3S-. The summed E-state index contributed by atoms with van der Waals surface area (Å²) in [7, 11) is 1.68. The number of hydrogen-bond donors (Lipinski definition) is 0. The van der Waals surface area contributed by atoms with Gasteiger partial charge in [-0.1, -0.05) is 0 Å². The number of nitrogens with zero attached hydrogens (tertiary/aromatic N) is 1. The molecule has 0 saturated heterocycles. The molecule has 0 aliphatic carbocycles. The van der Waals surface area contributed by atoms with E-state index in [2.05, 4.69) is 0 Å². The molecule has 4 nitrogen and oxygen atoms in total. The second-order valence-electron chi connectivity index (χ2n) is 5.26. The van der Waals surface area contributed by atoms with E-state index in [-0.39, 0.29) is 33.7 Å². The summed E-state index contributed by atoms with van der Waals surface area (Å²) in [6.45, 7) is 0.619. The van der Waals surface area contributed by atoms with Crippen LogP contribution in [0.25, 0.3) is 0 Å². The van der Waals surface area contributed by atoms with E-state index < -0.39 is 0 Å². The molecule has 25 heavy (non-hydrogen) atoms. The Morgan fingerprint density at radius 3 is 2.68 bits per heavy atom. The first kappa shape index (κ1) is 18.0. The Morgan fingerprint density at radius 2 is 2.04 bits per heavy atom. The number of rotatable bonds is 7. The molecule has 1 aromatic carbocycles. The van der Waals surface area contributed by atoms with Crippen LogP contribution in [0.1, 0.15) is 4.88 Å². The van der Waals surface area contributed by atoms with Crippen LogP contribution in [0.4, 0.5) is 5.69 Å². The van der Waals surface area contributed by atoms with Crippen LogP contribution in [0.5, 0.6) is 0 Å². The van der Waals surface area contributed by atoms with Gasteiger partial charge >= 0.3 is 162 Å². The van der Waals surface area contributed by atoms with Gasteiger partial charge in [-0.05, 0) is 0 Å². The Morgan fingerprint density at radius 1 is 1.20 bits per heavy atom. The molecule has 0 bridgehead atoms. The van der Waals surface area contributed by atoms with Gasteiger partial charge in [0, 0.05) is 0 Å². The van der Waals surface area contributed by atoms with Crippen LogP contribution in [0.15, 0.2) is 69.5 Å². The van der Waals surface area contributed by atoms with E-state index in [1.807, 2.05) is 60.0 Å². The van der Waals surface area contributed by atoms with Gasteiger partial charge < -0.3 is 0 Å². The van der Waals surface area contributed by atoms with Gasteiger partial charge in [0.05, 0.1) is 0 Å². The summed E-state index contributed by atoms with van der Waals surface area (Å²) in [5.41, 5.74) is 0.887. The fraction of sp³-hybridized carbons (Fsp3) is 0.211. The van der Waals surface area contributed by atoms with Crippen LogP contribution < -0.4 is 26.1 Å². The molecule has 0 N–H and O–H groups in total. The number of methoxy groups -OCH3 is 1. The number of anilines is 1. The molecule has 1 aliphatic rings. The van der Waals surface area contributed by atoms with Gasteiger partial charge in [0.2, 0.25) is 0 Å². The zero-order valence-electron chi connectivity index (χ0n) is 13.9. The maximum atomic E-state index is 12.8. The van der Waals surface area contributed by atoms with Gasteiger partial charge in [-0.25, -0.2) is 0 Å². The van der Waals surface area contributed by atoms with Crippen molar-refractivity contribution >= 4 is 22.9 Å². The summed E-state index contributed by atoms with van der Waals surface area (Å²) in [4.78, 5) is 15.7. The first-order chi connectivity index (χ1) is 12.3. The normalized spacial score (nSPS) is 14.0.